The summed E-state index contributed by atoms with van der Waals surface area (Å²) in [6.07, 6.45) is 1.42. The smallest absolute Gasteiger partial charge is 0.139 e. The molecule has 4 N–H and O–H groups in total. The fourth-order valence-electron chi connectivity index (χ4n) is 1.41. The zero-order valence-electron chi connectivity index (χ0n) is 9.66. The number of aryl methyl sites for hydroxylation is 2. The fraction of sp³-hybridized carbons (Fsp3) is 0.600. The van der Waals surface area contributed by atoms with E-state index >= 15 is 0 Å². The Morgan fingerprint density at radius 1 is 1.56 bits per heavy atom. The lowest BCUT2D eigenvalue weighted by atomic mass is 10.2. The van der Waals surface area contributed by atoms with Gasteiger partial charge >= 0.3 is 0 Å². The molecule has 0 aliphatic carbocycles. The molecule has 0 aliphatic rings. The third kappa shape index (κ3) is 3.54. The standard InChI is InChI=1S/C10H18N4O2/c1-7-9(8(2)16-14-7)6-12-5-3-4-10(11)13-15/h12,15H,3-6H2,1-2H3,(H2,11,13). The van der Waals surface area contributed by atoms with Crippen molar-refractivity contribution in [1.82, 2.24) is 10.5 Å². The molecule has 6 nitrogen and oxygen atoms in total. The first-order valence-corrected chi connectivity index (χ1v) is 5.24. The van der Waals surface area contributed by atoms with Crippen molar-refractivity contribution < 1.29 is 9.73 Å². The van der Waals surface area contributed by atoms with Gasteiger partial charge in [-0.15, -0.1) is 0 Å². The molecule has 0 amide bonds. The van der Waals surface area contributed by atoms with Crippen LogP contribution in [0.25, 0.3) is 0 Å². The van der Waals surface area contributed by atoms with Crippen molar-refractivity contribution >= 4 is 5.84 Å². The molecule has 1 aromatic rings. The van der Waals surface area contributed by atoms with E-state index in [0.29, 0.717) is 6.42 Å². The van der Waals surface area contributed by atoms with Gasteiger partial charge in [-0.05, 0) is 26.8 Å². The van der Waals surface area contributed by atoms with Crippen LogP contribution in [0.2, 0.25) is 0 Å². The zero-order chi connectivity index (χ0) is 12.0. The second-order valence-corrected chi connectivity index (χ2v) is 3.67. The highest BCUT2D eigenvalue weighted by Crippen LogP contribution is 2.11. The molecule has 1 aromatic heterocycles. The maximum Gasteiger partial charge on any atom is 0.139 e. The topological polar surface area (TPSA) is 96.7 Å². The molecule has 0 aliphatic heterocycles. The van der Waals surface area contributed by atoms with E-state index in [-0.39, 0.29) is 5.84 Å². The van der Waals surface area contributed by atoms with Gasteiger partial charge in [0.05, 0.1) is 5.69 Å². The Labute approximate surface area is 94.5 Å². The molecule has 0 radical (unpaired) electrons. The minimum atomic E-state index is 0.263. The number of aromatic nitrogens is 1. The summed E-state index contributed by atoms with van der Waals surface area (Å²) in [5.41, 5.74) is 7.36. The predicted molar refractivity (Wildman–Crippen MR) is 60.3 cm³/mol. The maximum atomic E-state index is 8.34. The van der Waals surface area contributed by atoms with Crippen LogP contribution in [0.15, 0.2) is 9.68 Å². The first-order valence-electron chi connectivity index (χ1n) is 5.24. The summed E-state index contributed by atoms with van der Waals surface area (Å²) < 4.78 is 5.05. The van der Waals surface area contributed by atoms with Gasteiger partial charge in [-0.2, -0.15) is 0 Å². The summed E-state index contributed by atoms with van der Waals surface area (Å²) in [6.45, 7) is 5.36. The quantitative estimate of drug-likeness (QED) is 0.220. The zero-order valence-corrected chi connectivity index (χ0v) is 9.66. The van der Waals surface area contributed by atoms with Crippen molar-refractivity contribution in [2.45, 2.75) is 33.2 Å². The van der Waals surface area contributed by atoms with Crippen molar-refractivity contribution in [2.75, 3.05) is 6.54 Å². The second kappa shape index (κ2) is 6.12. The van der Waals surface area contributed by atoms with Crippen LogP contribution >= 0.6 is 0 Å². The molecular weight excluding hydrogens is 208 g/mol. The second-order valence-electron chi connectivity index (χ2n) is 3.67. The van der Waals surface area contributed by atoms with Crippen molar-refractivity contribution in [3.05, 3.63) is 17.0 Å². The number of hydrogen-bond donors (Lipinski definition) is 3. The van der Waals surface area contributed by atoms with Gasteiger partial charge in [-0.25, -0.2) is 0 Å². The Morgan fingerprint density at radius 2 is 2.31 bits per heavy atom. The summed E-state index contributed by atoms with van der Waals surface area (Å²) in [4.78, 5) is 0. The third-order valence-corrected chi connectivity index (χ3v) is 2.40. The molecule has 90 valence electrons. The van der Waals surface area contributed by atoms with E-state index in [0.717, 1.165) is 36.5 Å². The Kier molecular flexibility index (Phi) is 4.78. The van der Waals surface area contributed by atoms with Gasteiger partial charge in [0.2, 0.25) is 0 Å². The highest BCUT2D eigenvalue weighted by molar-refractivity contribution is 5.79. The minimum absolute atomic E-state index is 0.263. The van der Waals surface area contributed by atoms with Crippen LogP contribution in [-0.4, -0.2) is 22.7 Å². The highest BCUT2D eigenvalue weighted by Gasteiger charge is 2.07. The van der Waals surface area contributed by atoms with Crippen LogP contribution in [0.1, 0.15) is 29.9 Å². The molecule has 6 heteroatoms. The summed E-state index contributed by atoms with van der Waals surface area (Å²) in [5, 5.41) is 18.4. The van der Waals surface area contributed by atoms with Crippen molar-refractivity contribution in [3.8, 4) is 0 Å². The Hall–Kier alpha value is -1.56. The van der Waals surface area contributed by atoms with Gasteiger partial charge in [0.15, 0.2) is 0 Å². The largest absolute Gasteiger partial charge is 0.409 e. The molecule has 0 aromatic carbocycles. The normalized spacial score (nSPS) is 12.0. The Morgan fingerprint density at radius 3 is 2.88 bits per heavy atom. The van der Waals surface area contributed by atoms with Gasteiger partial charge in [-0.1, -0.05) is 10.3 Å². The SMILES string of the molecule is Cc1noc(C)c1CNCCCC(N)=NO. The number of rotatable bonds is 6. The molecule has 1 rings (SSSR count). The average molecular weight is 226 g/mol. The van der Waals surface area contributed by atoms with Crippen molar-refractivity contribution in [1.29, 1.82) is 0 Å². The highest BCUT2D eigenvalue weighted by atomic mass is 16.5. The number of oxime groups is 1. The van der Waals surface area contributed by atoms with E-state index in [1.54, 1.807) is 0 Å². The van der Waals surface area contributed by atoms with E-state index in [4.69, 9.17) is 15.5 Å². The number of hydrogen-bond acceptors (Lipinski definition) is 5. The molecule has 0 atom stereocenters. The predicted octanol–water partition coefficient (Wildman–Crippen LogP) is 0.908. The third-order valence-electron chi connectivity index (χ3n) is 2.40. The number of nitrogens with one attached hydrogen (secondary N) is 1. The molecular formula is C10H18N4O2. The monoisotopic (exact) mass is 226 g/mol. The summed E-state index contributed by atoms with van der Waals surface area (Å²) in [5.74, 6) is 1.11. The van der Waals surface area contributed by atoms with Crippen molar-refractivity contribution in [3.63, 3.8) is 0 Å². The number of nitrogens with zero attached hydrogens (tertiary/aromatic N) is 2. The maximum absolute atomic E-state index is 8.34. The van der Waals surface area contributed by atoms with Crippen LogP contribution in [0.4, 0.5) is 0 Å². The van der Waals surface area contributed by atoms with E-state index in [9.17, 15) is 0 Å². The lowest BCUT2D eigenvalue weighted by Gasteiger charge is -2.03. The van der Waals surface area contributed by atoms with Crippen LogP contribution in [0.3, 0.4) is 0 Å². The lowest BCUT2D eigenvalue weighted by Crippen LogP contribution is -2.18. The Balaban J connectivity index is 2.21. The van der Waals surface area contributed by atoms with Gasteiger partial charge < -0.3 is 20.8 Å². The fourth-order valence-corrected chi connectivity index (χ4v) is 1.41. The van der Waals surface area contributed by atoms with E-state index in [2.05, 4.69) is 15.6 Å². The first kappa shape index (κ1) is 12.5. The molecule has 0 spiro atoms. The van der Waals surface area contributed by atoms with Crippen LogP contribution in [-0.2, 0) is 6.54 Å². The van der Waals surface area contributed by atoms with Crippen LogP contribution in [0.5, 0.6) is 0 Å². The van der Waals surface area contributed by atoms with Gasteiger partial charge in [-0.3, -0.25) is 0 Å². The van der Waals surface area contributed by atoms with E-state index in [1.165, 1.54) is 0 Å². The number of amidine groups is 1. The van der Waals surface area contributed by atoms with Gasteiger partial charge in [0, 0.05) is 18.5 Å². The molecule has 0 saturated carbocycles. The lowest BCUT2D eigenvalue weighted by molar-refractivity contribution is 0.316. The molecule has 16 heavy (non-hydrogen) atoms. The van der Waals surface area contributed by atoms with Gasteiger partial charge in [0.1, 0.15) is 11.6 Å². The van der Waals surface area contributed by atoms with E-state index < -0.39 is 0 Å². The van der Waals surface area contributed by atoms with Crippen LogP contribution in [0, 0.1) is 13.8 Å². The van der Waals surface area contributed by atoms with Gasteiger partial charge in [0.25, 0.3) is 0 Å². The van der Waals surface area contributed by atoms with Crippen molar-refractivity contribution in [2.24, 2.45) is 10.9 Å². The summed E-state index contributed by atoms with van der Waals surface area (Å²) in [6, 6.07) is 0. The minimum Gasteiger partial charge on any atom is -0.409 e. The first-order chi connectivity index (χ1) is 7.65. The van der Waals surface area contributed by atoms with Crippen LogP contribution < -0.4 is 11.1 Å². The molecule has 0 fully saturated rings. The number of nitrogens with two attached hydrogens (primary N) is 1. The molecule has 0 unspecified atom stereocenters. The Bertz CT molecular complexity index is 340. The molecule has 1 heterocycles. The summed E-state index contributed by atoms with van der Waals surface area (Å²) >= 11 is 0. The summed E-state index contributed by atoms with van der Waals surface area (Å²) in [7, 11) is 0. The average Bonchev–Trinajstić information content (AvgIpc) is 2.59. The van der Waals surface area contributed by atoms with E-state index in [1.807, 2.05) is 13.8 Å². The molecule has 0 bridgehead atoms. The molecule has 0 saturated heterocycles.